The molecule has 146 valence electrons. The number of carbonyl (C=O) groups excluding carboxylic acids is 1. The zero-order valence-corrected chi connectivity index (χ0v) is 18.0. The van der Waals surface area contributed by atoms with Crippen molar-refractivity contribution in [2.75, 3.05) is 0 Å². The fraction of sp³-hybridized carbons (Fsp3) is 0.0909. The van der Waals surface area contributed by atoms with Crippen LogP contribution in [0.3, 0.4) is 0 Å². The molecular formula is C22H16Cl2N2O2S. The van der Waals surface area contributed by atoms with Gasteiger partial charge in [-0.2, -0.15) is 0 Å². The molecule has 1 N–H and O–H groups in total. The Bertz CT molecular complexity index is 1160. The number of thioether (sulfide) groups is 1. The van der Waals surface area contributed by atoms with Crippen LogP contribution in [0, 0.1) is 13.8 Å². The number of halogens is 2. The maximum atomic E-state index is 12.3. The molecule has 0 aliphatic carbocycles. The van der Waals surface area contributed by atoms with Crippen LogP contribution in [0.5, 0.6) is 0 Å². The van der Waals surface area contributed by atoms with Crippen LogP contribution in [-0.4, -0.2) is 11.1 Å². The second-order valence-corrected chi connectivity index (χ2v) is 8.39. The Morgan fingerprint density at radius 1 is 1.03 bits per heavy atom. The highest BCUT2D eigenvalue weighted by Gasteiger charge is 2.24. The summed E-state index contributed by atoms with van der Waals surface area (Å²) in [4.78, 5) is 17.3. The van der Waals surface area contributed by atoms with Crippen molar-refractivity contribution in [3.8, 4) is 11.3 Å². The third-order valence-corrected chi connectivity index (χ3v) is 6.02. The number of amidine groups is 1. The molecule has 0 unspecified atom stereocenters. The van der Waals surface area contributed by atoms with E-state index in [1.807, 2.05) is 32.0 Å². The number of hydrogen-bond donors (Lipinski definition) is 1. The molecule has 1 fully saturated rings. The Balaban J connectivity index is 1.58. The van der Waals surface area contributed by atoms with E-state index in [1.54, 1.807) is 36.4 Å². The number of carbonyl (C=O) groups is 1. The lowest BCUT2D eigenvalue weighted by molar-refractivity contribution is -0.115. The van der Waals surface area contributed by atoms with Gasteiger partial charge in [0.05, 0.1) is 26.2 Å². The molecule has 1 aliphatic rings. The molecule has 1 saturated heterocycles. The molecule has 0 bridgehead atoms. The van der Waals surface area contributed by atoms with Crippen molar-refractivity contribution in [3.63, 3.8) is 0 Å². The van der Waals surface area contributed by atoms with Gasteiger partial charge in [-0.3, -0.25) is 4.79 Å². The number of nitrogens with zero attached hydrogens (tertiary/aromatic N) is 1. The highest BCUT2D eigenvalue weighted by atomic mass is 35.5. The van der Waals surface area contributed by atoms with Gasteiger partial charge < -0.3 is 9.73 Å². The second kappa shape index (κ2) is 8.11. The highest BCUT2D eigenvalue weighted by Crippen LogP contribution is 2.36. The van der Waals surface area contributed by atoms with Gasteiger partial charge in [-0.25, -0.2) is 4.99 Å². The van der Waals surface area contributed by atoms with Crippen LogP contribution < -0.4 is 5.32 Å². The van der Waals surface area contributed by atoms with E-state index in [1.165, 1.54) is 17.3 Å². The Labute approximate surface area is 182 Å². The number of aliphatic imine (C=N–C) groups is 1. The second-order valence-electron chi connectivity index (χ2n) is 6.55. The first-order valence-corrected chi connectivity index (χ1v) is 10.4. The SMILES string of the molecule is Cc1ccc(N=C2NC(=O)/C(=C\c3ccc(-c4c(Cl)cccc4Cl)o3)S2)cc1C. The molecule has 0 radical (unpaired) electrons. The number of nitrogens with one attached hydrogen (secondary N) is 1. The van der Waals surface area contributed by atoms with Gasteiger partial charge in [-0.05, 0) is 73.1 Å². The summed E-state index contributed by atoms with van der Waals surface area (Å²) in [5.41, 5.74) is 3.77. The van der Waals surface area contributed by atoms with E-state index in [2.05, 4.69) is 10.3 Å². The van der Waals surface area contributed by atoms with E-state index in [9.17, 15) is 4.79 Å². The molecule has 0 saturated carbocycles. The first-order valence-electron chi connectivity index (χ1n) is 8.82. The minimum Gasteiger partial charge on any atom is -0.457 e. The van der Waals surface area contributed by atoms with Gasteiger partial charge in [0.2, 0.25) is 0 Å². The van der Waals surface area contributed by atoms with E-state index in [0.29, 0.717) is 37.2 Å². The van der Waals surface area contributed by atoms with Crippen molar-refractivity contribution in [1.82, 2.24) is 5.32 Å². The monoisotopic (exact) mass is 442 g/mol. The van der Waals surface area contributed by atoms with Gasteiger partial charge in [0.1, 0.15) is 11.5 Å². The molecular weight excluding hydrogens is 427 g/mol. The molecule has 2 heterocycles. The minimum atomic E-state index is -0.216. The van der Waals surface area contributed by atoms with Crippen LogP contribution >= 0.6 is 35.0 Å². The Hall–Kier alpha value is -2.47. The summed E-state index contributed by atoms with van der Waals surface area (Å²) in [6, 6.07) is 14.7. The molecule has 2 aromatic carbocycles. The normalized spacial score (nSPS) is 16.6. The first-order chi connectivity index (χ1) is 13.9. The van der Waals surface area contributed by atoms with Crippen LogP contribution in [0.1, 0.15) is 16.9 Å². The van der Waals surface area contributed by atoms with Crippen molar-refractivity contribution >= 4 is 57.8 Å². The predicted molar refractivity (Wildman–Crippen MR) is 121 cm³/mol. The highest BCUT2D eigenvalue weighted by molar-refractivity contribution is 8.18. The number of benzene rings is 2. The molecule has 0 atom stereocenters. The molecule has 1 amide bonds. The molecule has 4 nitrogen and oxygen atoms in total. The van der Waals surface area contributed by atoms with Gasteiger partial charge in [-0.15, -0.1) is 0 Å². The smallest absolute Gasteiger partial charge is 0.264 e. The maximum absolute atomic E-state index is 12.3. The van der Waals surface area contributed by atoms with Crippen LogP contribution in [0.15, 0.2) is 62.8 Å². The van der Waals surface area contributed by atoms with E-state index in [-0.39, 0.29) is 5.91 Å². The third-order valence-electron chi connectivity index (χ3n) is 4.48. The number of hydrogen-bond acceptors (Lipinski definition) is 4. The molecule has 1 aromatic heterocycles. The van der Waals surface area contributed by atoms with Crippen molar-refractivity contribution < 1.29 is 9.21 Å². The lowest BCUT2D eigenvalue weighted by Crippen LogP contribution is -2.19. The molecule has 7 heteroatoms. The van der Waals surface area contributed by atoms with Crippen molar-refractivity contribution in [3.05, 3.63) is 80.4 Å². The van der Waals surface area contributed by atoms with Crippen LogP contribution in [0.4, 0.5) is 5.69 Å². The zero-order chi connectivity index (χ0) is 20.5. The lowest BCUT2D eigenvalue weighted by atomic mass is 10.1. The van der Waals surface area contributed by atoms with Crippen LogP contribution in [-0.2, 0) is 4.79 Å². The van der Waals surface area contributed by atoms with Gasteiger partial charge in [0.15, 0.2) is 5.17 Å². The minimum absolute atomic E-state index is 0.216. The molecule has 1 aliphatic heterocycles. The fourth-order valence-corrected chi connectivity index (χ4v) is 4.23. The van der Waals surface area contributed by atoms with Gasteiger partial charge in [0, 0.05) is 6.08 Å². The summed E-state index contributed by atoms with van der Waals surface area (Å²) in [6.07, 6.45) is 1.68. The summed E-state index contributed by atoms with van der Waals surface area (Å²) in [6.45, 7) is 4.08. The Morgan fingerprint density at radius 2 is 1.79 bits per heavy atom. The van der Waals surface area contributed by atoms with Crippen molar-refractivity contribution in [1.29, 1.82) is 0 Å². The van der Waals surface area contributed by atoms with E-state index in [4.69, 9.17) is 27.6 Å². The van der Waals surface area contributed by atoms with E-state index >= 15 is 0 Å². The van der Waals surface area contributed by atoms with Gasteiger partial charge in [0.25, 0.3) is 5.91 Å². The first kappa shape index (κ1) is 19.8. The van der Waals surface area contributed by atoms with Gasteiger partial charge >= 0.3 is 0 Å². The topological polar surface area (TPSA) is 54.6 Å². The quantitative estimate of drug-likeness (QED) is 0.455. The van der Waals surface area contributed by atoms with E-state index in [0.717, 1.165) is 11.3 Å². The Kier molecular flexibility index (Phi) is 5.54. The lowest BCUT2D eigenvalue weighted by Gasteiger charge is -2.02. The average molecular weight is 443 g/mol. The summed E-state index contributed by atoms with van der Waals surface area (Å²) >= 11 is 13.7. The molecule has 3 aromatic rings. The number of furan rings is 1. The number of amides is 1. The largest absolute Gasteiger partial charge is 0.457 e. The molecule has 4 rings (SSSR count). The average Bonchev–Trinajstić information content (AvgIpc) is 3.25. The van der Waals surface area contributed by atoms with Crippen LogP contribution in [0.2, 0.25) is 10.0 Å². The molecule has 29 heavy (non-hydrogen) atoms. The van der Waals surface area contributed by atoms with Crippen molar-refractivity contribution in [2.45, 2.75) is 13.8 Å². The fourth-order valence-electron chi connectivity index (χ4n) is 2.82. The zero-order valence-electron chi connectivity index (χ0n) is 15.6. The number of aryl methyl sites for hydroxylation is 2. The van der Waals surface area contributed by atoms with Crippen LogP contribution in [0.25, 0.3) is 17.4 Å². The Morgan fingerprint density at radius 3 is 2.52 bits per heavy atom. The summed E-state index contributed by atoms with van der Waals surface area (Å²) in [5.74, 6) is 0.854. The molecule has 0 spiro atoms. The summed E-state index contributed by atoms with van der Waals surface area (Å²) in [7, 11) is 0. The predicted octanol–water partition coefficient (Wildman–Crippen LogP) is 6.76. The summed E-state index contributed by atoms with van der Waals surface area (Å²) in [5, 5.41) is 4.32. The standard InChI is InChI=1S/C22H16Cl2N2O2S/c1-12-6-7-14(10-13(12)2)25-22-26-21(27)19(29-22)11-15-8-9-18(28-15)20-16(23)4-3-5-17(20)24/h3-11H,1-2H3,(H,25,26,27)/b19-11+. The summed E-state index contributed by atoms with van der Waals surface area (Å²) < 4.78 is 5.85. The maximum Gasteiger partial charge on any atom is 0.264 e. The van der Waals surface area contributed by atoms with E-state index < -0.39 is 0 Å². The van der Waals surface area contributed by atoms with Crippen molar-refractivity contribution in [2.24, 2.45) is 4.99 Å². The number of rotatable bonds is 3. The third kappa shape index (κ3) is 4.27. The van der Waals surface area contributed by atoms with Gasteiger partial charge in [-0.1, -0.05) is 35.3 Å².